The van der Waals surface area contributed by atoms with E-state index in [2.05, 4.69) is 16.4 Å². The van der Waals surface area contributed by atoms with Crippen molar-refractivity contribution in [1.29, 1.82) is 5.26 Å². The summed E-state index contributed by atoms with van der Waals surface area (Å²) in [5.41, 5.74) is 0.556. The summed E-state index contributed by atoms with van der Waals surface area (Å²) in [4.78, 5) is 4.01. The minimum Gasteiger partial charge on any atom is -0.486 e. The van der Waals surface area contributed by atoms with Gasteiger partial charge in [-0.05, 0) is 32.4 Å². The molecule has 1 aliphatic rings. The Bertz CT molecular complexity index is 413. The third-order valence-electron chi connectivity index (χ3n) is 3.26. The Morgan fingerprint density at radius 2 is 2.29 bits per heavy atom. The Labute approximate surface area is 102 Å². The molecule has 4 nitrogen and oxygen atoms in total. The largest absolute Gasteiger partial charge is 0.486 e. The molecular weight excluding hydrogens is 214 g/mol. The first-order chi connectivity index (χ1) is 8.35. The molecule has 0 aromatic carbocycles. The standard InChI is InChI=1S/C13H17N3O/c1-15-11-4-2-3-5-12(11)17-13-9-16-7-6-10(13)8-14/h6-7,9,11-12,15H,2-5H2,1H3. The molecule has 1 aliphatic carbocycles. The number of pyridine rings is 1. The summed E-state index contributed by atoms with van der Waals surface area (Å²) in [6, 6.07) is 4.19. The Morgan fingerprint density at radius 1 is 1.47 bits per heavy atom. The van der Waals surface area contributed by atoms with E-state index in [1.807, 2.05) is 7.05 Å². The van der Waals surface area contributed by atoms with E-state index in [-0.39, 0.29) is 6.10 Å². The lowest BCUT2D eigenvalue weighted by atomic mass is 9.92. The predicted molar refractivity (Wildman–Crippen MR) is 64.7 cm³/mol. The van der Waals surface area contributed by atoms with Crippen LogP contribution in [0.25, 0.3) is 0 Å². The van der Waals surface area contributed by atoms with E-state index < -0.39 is 0 Å². The number of ether oxygens (including phenoxy) is 1. The molecular formula is C13H17N3O. The van der Waals surface area contributed by atoms with Crippen LogP contribution in [-0.2, 0) is 0 Å². The molecule has 2 rings (SSSR count). The fraction of sp³-hybridized carbons (Fsp3) is 0.538. The SMILES string of the molecule is CNC1CCCCC1Oc1cnccc1C#N. The van der Waals surface area contributed by atoms with Crippen LogP contribution in [-0.4, -0.2) is 24.2 Å². The molecule has 4 heteroatoms. The van der Waals surface area contributed by atoms with Gasteiger partial charge in [0.15, 0.2) is 5.75 Å². The predicted octanol–water partition coefficient (Wildman–Crippen LogP) is 1.86. The molecule has 1 saturated carbocycles. The van der Waals surface area contributed by atoms with Gasteiger partial charge < -0.3 is 10.1 Å². The van der Waals surface area contributed by atoms with Gasteiger partial charge in [0, 0.05) is 12.2 Å². The summed E-state index contributed by atoms with van der Waals surface area (Å²) in [5.74, 6) is 0.599. The van der Waals surface area contributed by atoms with Crippen LogP contribution in [0.5, 0.6) is 5.75 Å². The van der Waals surface area contributed by atoms with Gasteiger partial charge in [-0.2, -0.15) is 5.26 Å². The second-order valence-electron chi connectivity index (χ2n) is 4.32. The number of nitriles is 1. The third-order valence-corrected chi connectivity index (χ3v) is 3.26. The average Bonchev–Trinajstić information content (AvgIpc) is 2.40. The van der Waals surface area contributed by atoms with Crippen molar-refractivity contribution >= 4 is 0 Å². The minimum atomic E-state index is 0.144. The molecule has 0 spiro atoms. The summed E-state index contributed by atoms with van der Waals surface area (Å²) < 4.78 is 5.93. The van der Waals surface area contributed by atoms with Crippen LogP contribution in [0.1, 0.15) is 31.2 Å². The molecule has 1 heterocycles. The van der Waals surface area contributed by atoms with E-state index in [1.165, 1.54) is 12.8 Å². The maximum absolute atomic E-state index is 9.00. The van der Waals surface area contributed by atoms with Gasteiger partial charge in [0.05, 0.1) is 11.8 Å². The molecule has 1 aromatic heterocycles. The Morgan fingerprint density at radius 3 is 3.06 bits per heavy atom. The minimum absolute atomic E-state index is 0.144. The van der Waals surface area contributed by atoms with Gasteiger partial charge in [0.25, 0.3) is 0 Å². The van der Waals surface area contributed by atoms with E-state index in [9.17, 15) is 0 Å². The Hall–Kier alpha value is -1.60. The second-order valence-corrected chi connectivity index (χ2v) is 4.32. The molecule has 0 amide bonds. The monoisotopic (exact) mass is 231 g/mol. The number of aromatic nitrogens is 1. The average molecular weight is 231 g/mol. The van der Waals surface area contributed by atoms with Crippen LogP contribution in [0.3, 0.4) is 0 Å². The molecule has 0 saturated heterocycles. The van der Waals surface area contributed by atoms with Crippen molar-refractivity contribution in [2.75, 3.05) is 7.05 Å². The van der Waals surface area contributed by atoms with Gasteiger partial charge in [0.1, 0.15) is 12.2 Å². The molecule has 1 N–H and O–H groups in total. The van der Waals surface area contributed by atoms with Crippen LogP contribution in [0.4, 0.5) is 0 Å². The molecule has 1 aromatic rings. The van der Waals surface area contributed by atoms with Gasteiger partial charge in [-0.15, -0.1) is 0 Å². The zero-order valence-electron chi connectivity index (χ0n) is 10.0. The molecule has 0 bridgehead atoms. The van der Waals surface area contributed by atoms with E-state index in [1.54, 1.807) is 18.5 Å². The van der Waals surface area contributed by atoms with E-state index >= 15 is 0 Å². The van der Waals surface area contributed by atoms with Gasteiger partial charge in [-0.25, -0.2) is 0 Å². The molecule has 2 unspecified atom stereocenters. The highest BCUT2D eigenvalue weighted by Crippen LogP contribution is 2.25. The zero-order chi connectivity index (χ0) is 12.1. The second kappa shape index (κ2) is 5.65. The quantitative estimate of drug-likeness (QED) is 0.862. The van der Waals surface area contributed by atoms with Crippen LogP contribution >= 0.6 is 0 Å². The summed E-state index contributed by atoms with van der Waals surface area (Å²) in [6.45, 7) is 0. The van der Waals surface area contributed by atoms with Crippen molar-refractivity contribution < 1.29 is 4.74 Å². The molecule has 0 aliphatic heterocycles. The topological polar surface area (TPSA) is 57.9 Å². The number of rotatable bonds is 3. The molecule has 1 fully saturated rings. The van der Waals surface area contributed by atoms with Crippen molar-refractivity contribution in [3.05, 3.63) is 24.0 Å². The van der Waals surface area contributed by atoms with Gasteiger partial charge in [-0.3, -0.25) is 4.98 Å². The van der Waals surface area contributed by atoms with Crippen LogP contribution in [0.15, 0.2) is 18.5 Å². The summed E-state index contributed by atoms with van der Waals surface area (Å²) >= 11 is 0. The Balaban J connectivity index is 2.11. The fourth-order valence-electron chi connectivity index (χ4n) is 2.30. The number of likely N-dealkylation sites (N-methyl/N-ethyl adjacent to an activating group) is 1. The van der Waals surface area contributed by atoms with Crippen molar-refractivity contribution in [2.45, 2.75) is 37.8 Å². The normalized spacial score (nSPS) is 24.0. The van der Waals surface area contributed by atoms with Crippen LogP contribution in [0, 0.1) is 11.3 Å². The maximum Gasteiger partial charge on any atom is 0.155 e. The lowest BCUT2D eigenvalue weighted by Crippen LogP contribution is -2.43. The number of hydrogen-bond donors (Lipinski definition) is 1. The zero-order valence-corrected chi connectivity index (χ0v) is 10.0. The number of nitrogens with zero attached hydrogens (tertiary/aromatic N) is 2. The smallest absolute Gasteiger partial charge is 0.155 e. The maximum atomic E-state index is 9.00. The van der Waals surface area contributed by atoms with Crippen molar-refractivity contribution in [3.8, 4) is 11.8 Å². The van der Waals surface area contributed by atoms with Crippen molar-refractivity contribution in [3.63, 3.8) is 0 Å². The number of hydrogen-bond acceptors (Lipinski definition) is 4. The first-order valence-electron chi connectivity index (χ1n) is 6.03. The lowest BCUT2D eigenvalue weighted by Gasteiger charge is -2.31. The summed E-state index contributed by atoms with van der Waals surface area (Å²) in [6.07, 6.45) is 7.97. The molecule has 0 radical (unpaired) electrons. The lowest BCUT2D eigenvalue weighted by molar-refractivity contribution is 0.117. The molecule has 90 valence electrons. The van der Waals surface area contributed by atoms with E-state index in [0.29, 0.717) is 17.4 Å². The third kappa shape index (κ3) is 2.75. The van der Waals surface area contributed by atoms with Gasteiger partial charge >= 0.3 is 0 Å². The summed E-state index contributed by atoms with van der Waals surface area (Å²) in [5, 5.41) is 12.3. The van der Waals surface area contributed by atoms with Crippen molar-refractivity contribution in [2.24, 2.45) is 0 Å². The molecule has 2 atom stereocenters. The van der Waals surface area contributed by atoms with E-state index in [0.717, 1.165) is 12.8 Å². The van der Waals surface area contributed by atoms with Crippen molar-refractivity contribution in [1.82, 2.24) is 10.3 Å². The highest BCUT2D eigenvalue weighted by atomic mass is 16.5. The van der Waals surface area contributed by atoms with Crippen LogP contribution < -0.4 is 10.1 Å². The highest BCUT2D eigenvalue weighted by molar-refractivity contribution is 5.40. The summed E-state index contributed by atoms with van der Waals surface area (Å²) in [7, 11) is 1.96. The molecule has 17 heavy (non-hydrogen) atoms. The Kier molecular flexibility index (Phi) is 3.94. The van der Waals surface area contributed by atoms with Gasteiger partial charge in [-0.1, -0.05) is 6.42 Å². The van der Waals surface area contributed by atoms with E-state index in [4.69, 9.17) is 10.00 Å². The van der Waals surface area contributed by atoms with Gasteiger partial charge in [0.2, 0.25) is 0 Å². The van der Waals surface area contributed by atoms with Crippen LogP contribution in [0.2, 0.25) is 0 Å². The fourth-order valence-corrected chi connectivity index (χ4v) is 2.30. The highest BCUT2D eigenvalue weighted by Gasteiger charge is 2.25. The first-order valence-corrected chi connectivity index (χ1v) is 6.03. The number of nitrogens with one attached hydrogen (secondary N) is 1. The first kappa shape index (κ1) is 11.9.